The summed E-state index contributed by atoms with van der Waals surface area (Å²) in [5.74, 6) is -0.168. The van der Waals surface area contributed by atoms with Crippen LogP contribution in [0, 0.1) is 13.8 Å². The summed E-state index contributed by atoms with van der Waals surface area (Å²) < 4.78 is 1.97. The van der Waals surface area contributed by atoms with E-state index in [0.717, 1.165) is 17.0 Å². The van der Waals surface area contributed by atoms with Crippen LogP contribution in [0.15, 0.2) is 42.9 Å². The van der Waals surface area contributed by atoms with Gasteiger partial charge < -0.3 is 9.72 Å². The molecule has 3 aromatic heterocycles. The molecule has 3 aromatic rings. The Labute approximate surface area is 116 Å². The fourth-order valence-electron chi connectivity index (χ4n) is 2.09. The van der Waals surface area contributed by atoms with Crippen LogP contribution in [0.3, 0.4) is 0 Å². The standard InChI is InChI=1S/C15H14N4O/c1-10-11(2)19-9-3-4-13(14(19)17-10)18-15(20)12-5-7-16-8-6-12/h3-9H,1-2H3,(H,18,20). The van der Waals surface area contributed by atoms with E-state index in [0.29, 0.717) is 11.3 Å². The van der Waals surface area contributed by atoms with E-state index < -0.39 is 0 Å². The first kappa shape index (κ1) is 12.3. The lowest BCUT2D eigenvalue weighted by atomic mass is 10.2. The van der Waals surface area contributed by atoms with Crippen molar-refractivity contribution in [3.63, 3.8) is 0 Å². The lowest BCUT2D eigenvalue weighted by Gasteiger charge is -2.06. The molecule has 0 unspecified atom stereocenters. The Morgan fingerprint density at radius 2 is 1.95 bits per heavy atom. The quantitative estimate of drug-likeness (QED) is 0.775. The molecule has 0 aliphatic carbocycles. The first-order valence-corrected chi connectivity index (χ1v) is 6.32. The first-order chi connectivity index (χ1) is 9.66. The van der Waals surface area contributed by atoms with Crippen LogP contribution in [0.25, 0.3) is 5.65 Å². The van der Waals surface area contributed by atoms with Gasteiger partial charge in [0.25, 0.3) is 5.91 Å². The fraction of sp³-hybridized carbons (Fsp3) is 0.133. The Morgan fingerprint density at radius 1 is 1.20 bits per heavy atom. The molecule has 0 radical (unpaired) electrons. The molecule has 0 aromatic carbocycles. The van der Waals surface area contributed by atoms with E-state index in [1.165, 1.54) is 0 Å². The molecule has 1 N–H and O–H groups in total. The number of pyridine rings is 2. The molecule has 3 rings (SSSR count). The van der Waals surface area contributed by atoms with Crippen LogP contribution in [0.1, 0.15) is 21.7 Å². The minimum Gasteiger partial charge on any atom is -0.319 e. The maximum Gasteiger partial charge on any atom is 0.255 e. The fourth-order valence-corrected chi connectivity index (χ4v) is 2.09. The second kappa shape index (κ2) is 4.77. The summed E-state index contributed by atoms with van der Waals surface area (Å²) >= 11 is 0. The molecular formula is C15H14N4O. The number of carbonyl (C=O) groups is 1. The zero-order valence-electron chi connectivity index (χ0n) is 11.3. The van der Waals surface area contributed by atoms with Gasteiger partial charge in [0.2, 0.25) is 0 Å². The van der Waals surface area contributed by atoms with Gasteiger partial charge >= 0.3 is 0 Å². The highest BCUT2D eigenvalue weighted by atomic mass is 16.1. The number of imidazole rings is 1. The van der Waals surface area contributed by atoms with Crippen LogP contribution in [0.5, 0.6) is 0 Å². The normalized spacial score (nSPS) is 10.7. The second-order valence-electron chi connectivity index (χ2n) is 4.59. The summed E-state index contributed by atoms with van der Waals surface area (Å²) in [5, 5.41) is 2.89. The molecule has 0 bridgehead atoms. The lowest BCUT2D eigenvalue weighted by Crippen LogP contribution is -2.12. The molecule has 1 amide bonds. The maximum absolute atomic E-state index is 12.2. The summed E-state index contributed by atoms with van der Waals surface area (Å²) in [6.45, 7) is 3.96. The van der Waals surface area contributed by atoms with Crippen molar-refractivity contribution in [2.24, 2.45) is 0 Å². The molecule has 100 valence electrons. The van der Waals surface area contributed by atoms with Crippen LogP contribution < -0.4 is 5.32 Å². The van der Waals surface area contributed by atoms with Crippen LogP contribution in [0.4, 0.5) is 5.69 Å². The van der Waals surface area contributed by atoms with E-state index in [9.17, 15) is 4.79 Å². The predicted octanol–water partition coefficient (Wildman–Crippen LogP) is 2.60. The third-order valence-electron chi connectivity index (χ3n) is 3.32. The monoisotopic (exact) mass is 266 g/mol. The van der Waals surface area contributed by atoms with Gasteiger partial charge in [-0.25, -0.2) is 4.98 Å². The van der Waals surface area contributed by atoms with Gasteiger partial charge in [-0.3, -0.25) is 9.78 Å². The van der Waals surface area contributed by atoms with Gasteiger partial charge in [0, 0.05) is 29.8 Å². The Balaban J connectivity index is 1.99. The molecule has 0 aliphatic heterocycles. The number of hydrogen-bond donors (Lipinski definition) is 1. The second-order valence-corrected chi connectivity index (χ2v) is 4.59. The smallest absolute Gasteiger partial charge is 0.255 e. The van der Waals surface area contributed by atoms with Crippen molar-refractivity contribution in [3.05, 3.63) is 59.8 Å². The van der Waals surface area contributed by atoms with Crippen LogP contribution in [-0.2, 0) is 0 Å². The Kier molecular flexibility index (Phi) is 2.95. The van der Waals surface area contributed by atoms with Crippen molar-refractivity contribution in [2.75, 3.05) is 5.32 Å². The molecule has 3 heterocycles. The van der Waals surface area contributed by atoms with Gasteiger partial charge in [-0.1, -0.05) is 0 Å². The number of nitrogens with one attached hydrogen (secondary N) is 1. The molecule has 0 fully saturated rings. The van der Waals surface area contributed by atoms with Crippen molar-refractivity contribution >= 4 is 17.2 Å². The molecule has 0 spiro atoms. The van der Waals surface area contributed by atoms with Gasteiger partial charge in [0.15, 0.2) is 5.65 Å². The summed E-state index contributed by atoms with van der Waals surface area (Å²) in [6, 6.07) is 7.10. The number of carbonyl (C=O) groups excluding carboxylic acids is 1. The number of rotatable bonds is 2. The molecule has 5 heteroatoms. The third kappa shape index (κ3) is 2.03. The Bertz CT molecular complexity index is 777. The molecule has 20 heavy (non-hydrogen) atoms. The van der Waals surface area contributed by atoms with Gasteiger partial charge in [-0.05, 0) is 38.1 Å². The van der Waals surface area contributed by atoms with Gasteiger partial charge in [0.05, 0.1) is 11.4 Å². The van der Waals surface area contributed by atoms with Crippen molar-refractivity contribution < 1.29 is 4.79 Å². The van der Waals surface area contributed by atoms with E-state index in [1.807, 2.05) is 36.6 Å². The number of hydrogen-bond acceptors (Lipinski definition) is 3. The number of anilines is 1. The topological polar surface area (TPSA) is 59.3 Å². The molecule has 0 saturated heterocycles. The van der Waals surface area contributed by atoms with Crippen LogP contribution in [0.2, 0.25) is 0 Å². The molecule has 0 saturated carbocycles. The highest BCUT2D eigenvalue weighted by Crippen LogP contribution is 2.19. The summed E-state index contributed by atoms with van der Waals surface area (Å²) in [7, 11) is 0. The third-order valence-corrected chi connectivity index (χ3v) is 3.32. The summed E-state index contributed by atoms with van der Waals surface area (Å²) in [4.78, 5) is 20.6. The SMILES string of the molecule is Cc1nc2c(NC(=O)c3ccncc3)cccn2c1C. The van der Waals surface area contributed by atoms with Crippen LogP contribution in [-0.4, -0.2) is 20.3 Å². The summed E-state index contributed by atoms with van der Waals surface area (Å²) in [5.41, 5.74) is 4.05. The van der Waals surface area contributed by atoms with E-state index >= 15 is 0 Å². The van der Waals surface area contributed by atoms with E-state index in [-0.39, 0.29) is 5.91 Å². The zero-order valence-corrected chi connectivity index (χ0v) is 11.3. The lowest BCUT2D eigenvalue weighted by molar-refractivity contribution is 0.102. The number of fused-ring (bicyclic) bond motifs is 1. The number of amides is 1. The first-order valence-electron chi connectivity index (χ1n) is 6.32. The maximum atomic E-state index is 12.2. The van der Waals surface area contributed by atoms with E-state index in [1.54, 1.807) is 24.5 Å². The highest BCUT2D eigenvalue weighted by molar-refractivity contribution is 6.05. The van der Waals surface area contributed by atoms with Gasteiger partial charge in [-0.15, -0.1) is 0 Å². The number of nitrogens with zero attached hydrogens (tertiary/aromatic N) is 3. The minimum absolute atomic E-state index is 0.168. The number of aryl methyl sites for hydroxylation is 2. The van der Waals surface area contributed by atoms with E-state index in [4.69, 9.17) is 0 Å². The average Bonchev–Trinajstić information content (AvgIpc) is 2.77. The largest absolute Gasteiger partial charge is 0.319 e. The van der Waals surface area contributed by atoms with Crippen molar-refractivity contribution in [3.8, 4) is 0 Å². The van der Waals surface area contributed by atoms with Crippen molar-refractivity contribution in [1.29, 1.82) is 0 Å². The molecular weight excluding hydrogens is 252 g/mol. The average molecular weight is 266 g/mol. The van der Waals surface area contributed by atoms with Crippen LogP contribution >= 0.6 is 0 Å². The van der Waals surface area contributed by atoms with Gasteiger partial charge in [-0.2, -0.15) is 0 Å². The molecule has 5 nitrogen and oxygen atoms in total. The van der Waals surface area contributed by atoms with Crippen molar-refractivity contribution in [2.45, 2.75) is 13.8 Å². The van der Waals surface area contributed by atoms with Gasteiger partial charge in [0.1, 0.15) is 0 Å². The molecule has 0 atom stereocenters. The van der Waals surface area contributed by atoms with E-state index in [2.05, 4.69) is 15.3 Å². The molecule has 0 aliphatic rings. The summed E-state index contributed by atoms with van der Waals surface area (Å²) in [6.07, 6.45) is 5.13. The Hall–Kier alpha value is -2.69. The van der Waals surface area contributed by atoms with Crippen molar-refractivity contribution in [1.82, 2.24) is 14.4 Å². The number of aromatic nitrogens is 3. The highest BCUT2D eigenvalue weighted by Gasteiger charge is 2.11. The zero-order chi connectivity index (χ0) is 14.1. The predicted molar refractivity (Wildman–Crippen MR) is 76.9 cm³/mol. The minimum atomic E-state index is -0.168. The Morgan fingerprint density at radius 3 is 2.70 bits per heavy atom.